The molecule has 1 nitrogen and oxygen atoms in total. The largest absolute Gasteiger partial charge is 0.478 e. The maximum Gasteiger partial charge on any atom is 0.162 e. The fourth-order valence-corrected chi connectivity index (χ4v) is 1.01. The van der Waals surface area contributed by atoms with E-state index in [4.69, 9.17) is 16.3 Å². The van der Waals surface area contributed by atoms with Crippen LogP contribution in [0.4, 0.5) is 0 Å². The van der Waals surface area contributed by atoms with Crippen LogP contribution in [0, 0.1) is 0 Å². The SMILES string of the molecule is CCc1ccc(OCCl)cc1. The van der Waals surface area contributed by atoms with Gasteiger partial charge in [0.15, 0.2) is 6.07 Å². The summed E-state index contributed by atoms with van der Waals surface area (Å²) in [6.07, 6.45) is 1.06. The molecule has 2 heteroatoms. The molecule has 0 amide bonds. The first-order valence-corrected chi connectivity index (χ1v) is 4.18. The van der Waals surface area contributed by atoms with Crippen molar-refractivity contribution in [2.45, 2.75) is 13.3 Å². The summed E-state index contributed by atoms with van der Waals surface area (Å²) in [7, 11) is 0. The summed E-state index contributed by atoms with van der Waals surface area (Å²) in [5.41, 5.74) is 1.31. The van der Waals surface area contributed by atoms with Crippen molar-refractivity contribution in [2.24, 2.45) is 0 Å². The van der Waals surface area contributed by atoms with Gasteiger partial charge >= 0.3 is 0 Å². The van der Waals surface area contributed by atoms with Crippen LogP contribution in [0.3, 0.4) is 0 Å². The second-order valence-corrected chi connectivity index (χ2v) is 2.47. The molecule has 0 spiro atoms. The molecule has 0 bridgehead atoms. The van der Waals surface area contributed by atoms with Gasteiger partial charge < -0.3 is 4.74 Å². The van der Waals surface area contributed by atoms with Crippen molar-refractivity contribution in [3.05, 3.63) is 29.8 Å². The Kier molecular flexibility index (Phi) is 3.24. The second-order valence-electron chi connectivity index (χ2n) is 2.25. The lowest BCUT2D eigenvalue weighted by molar-refractivity contribution is 0.388. The normalized spacial score (nSPS) is 9.64. The van der Waals surface area contributed by atoms with Gasteiger partial charge in [0, 0.05) is 0 Å². The maximum absolute atomic E-state index is 5.39. The minimum atomic E-state index is 0.214. The summed E-state index contributed by atoms with van der Waals surface area (Å²) in [5, 5.41) is 0. The third-order valence-electron chi connectivity index (χ3n) is 1.55. The molecule has 0 radical (unpaired) electrons. The van der Waals surface area contributed by atoms with Crippen molar-refractivity contribution < 1.29 is 4.74 Å². The molecule has 0 aromatic heterocycles. The van der Waals surface area contributed by atoms with Crippen molar-refractivity contribution in [3.63, 3.8) is 0 Å². The standard InChI is InChI=1S/C9H11ClO/c1-2-8-3-5-9(6-4-8)11-7-10/h3-6H,2,7H2,1H3. The van der Waals surface area contributed by atoms with Crippen molar-refractivity contribution in [3.8, 4) is 5.75 Å². The lowest BCUT2D eigenvalue weighted by Gasteiger charge is -2.01. The van der Waals surface area contributed by atoms with E-state index in [2.05, 4.69) is 6.92 Å². The zero-order valence-electron chi connectivity index (χ0n) is 6.51. The van der Waals surface area contributed by atoms with Crippen LogP contribution in [0.1, 0.15) is 12.5 Å². The third-order valence-corrected chi connectivity index (χ3v) is 1.66. The van der Waals surface area contributed by atoms with Crippen LogP contribution < -0.4 is 4.74 Å². The first-order valence-electron chi connectivity index (χ1n) is 3.64. The Labute approximate surface area is 71.9 Å². The van der Waals surface area contributed by atoms with Gasteiger partial charge in [-0.3, -0.25) is 0 Å². The molecular formula is C9H11ClO. The number of rotatable bonds is 3. The average Bonchev–Trinajstić information content (AvgIpc) is 2.07. The van der Waals surface area contributed by atoms with Gasteiger partial charge in [-0.05, 0) is 24.1 Å². The first-order chi connectivity index (χ1) is 5.36. The molecule has 0 N–H and O–H groups in total. The zero-order valence-corrected chi connectivity index (χ0v) is 7.27. The molecule has 0 saturated heterocycles. The highest BCUT2D eigenvalue weighted by atomic mass is 35.5. The van der Waals surface area contributed by atoms with Crippen LogP contribution in [0.15, 0.2) is 24.3 Å². The maximum atomic E-state index is 5.39. The number of hydrogen-bond acceptors (Lipinski definition) is 1. The molecule has 1 rings (SSSR count). The van der Waals surface area contributed by atoms with E-state index in [1.807, 2.05) is 24.3 Å². The summed E-state index contributed by atoms with van der Waals surface area (Å²) >= 11 is 5.39. The van der Waals surface area contributed by atoms with Gasteiger partial charge in [0.2, 0.25) is 0 Å². The van der Waals surface area contributed by atoms with E-state index in [-0.39, 0.29) is 6.07 Å². The summed E-state index contributed by atoms with van der Waals surface area (Å²) in [6.45, 7) is 2.12. The Morgan fingerprint density at radius 3 is 2.36 bits per heavy atom. The van der Waals surface area contributed by atoms with E-state index < -0.39 is 0 Å². The summed E-state index contributed by atoms with van der Waals surface area (Å²) in [6, 6.07) is 8.16. The average molecular weight is 171 g/mol. The number of ether oxygens (including phenoxy) is 1. The molecule has 11 heavy (non-hydrogen) atoms. The van der Waals surface area contributed by atoms with Crippen LogP contribution in [-0.2, 0) is 6.42 Å². The van der Waals surface area contributed by atoms with Gasteiger partial charge in [0.25, 0.3) is 0 Å². The van der Waals surface area contributed by atoms with E-state index in [1.165, 1.54) is 5.56 Å². The Bertz CT molecular complexity index is 205. The first kappa shape index (κ1) is 8.41. The molecule has 0 aliphatic carbocycles. The van der Waals surface area contributed by atoms with E-state index in [0.717, 1.165) is 12.2 Å². The molecule has 60 valence electrons. The lowest BCUT2D eigenvalue weighted by atomic mass is 10.2. The molecular weight excluding hydrogens is 160 g/mol. The van der Waals surface area contributed by atoms with Gasteiger partial charge in [-0.25, -0.2) is 0 Å². The van der Waals surface area contributed by atoms with Crippen LogP contribution in [0.25, 0.3) is 0 Å². The van der Waals surface area contributed by atoms with Gasteiger partial charge in [-0.2, -0.15) is 0 Å². The Morgan fingerprint density at radius 1 is 1.27 bits per heavy atom. The third kappa shape index (κ3) is 2.43. The highest BCUT2D eigenvalue weighted by Gasteiger charge is 1.91. The second kappa shape index (κ2) is 4.24. The molecule has 1 aromatic rings. The molecule has 0 fully saturated rings. The van der Waals surface area contributed by atoms with Crippen molar-refractivity contribution in [2.75, 3.05) is 6.07 Å². The Morgan fingerprint density at radius 2 is 1.91 bits per heavy atom. The summed E-state index contributed by atoms with van der Waals surface area (Å²) in [4.78, 5) is 0. The van der Waals surface area contributed by atoms with Crippen molar-refractivity contribution in [1.82, 2.24) is 0 Å². The molecule has 1 aromatic carbocycles. The smallest absolute Gasteiger partial charge is 0.162 e. The van der Waals surface area contributed by atoms with Crippen molar-refractivity contribution in [1.29, 1.82) is 0 Å². The van der Waals surface area contributed by atoms with Crippen LogP contribution >= 0.6 is 11.6 Å². The molecule has 0 aliphatic rings. The fourth-order valence-electron chi connectivity index (χ4n) is 0.884. The van der Waals surface area contributed by atoms with Gasteiger partial charge in [0.05, 0.1) is 0 Å². The number of aryl methyl sites for hydroxylation is 1. The summed E-state index contributed by atoms with van der Waals surface area (Å²) < 4.78 is 5.07. The topological polar surface area (TPSA) is 9.23 Å². The molecule has 0 aliphatic heterocycles. The van der Waals surface area contributed by atoms with Gasteiger partial charge in [0.1, 0.15) is 5.75 Å². The van der Waals surface area contributed by atoms with E-state index in [0.29, 0.717) is 0 Å². The van der Waals surface area contributed by atoms with E-state index >= 15 is 0 Å². The fraction of sp³-hybridized carbons (Fsp3) is 0.333. The van der Waals surface area contributed by atoms with Crippen LogP contribution in [-0.4, -0.2) is 6.07 Å². The Balaban J connectivity index is 2.66. The molecule has 0 saturated carbocycles. The lowest BCUT2D eigenvalue weighted by Crippen LogP contribution is -1.88. The zero-order chi connectivity index (χ0) is 8.10. The number of halogens is 1. The molecule has 0 unspecified atom stereocenters. The van der Waals surface area contributed by atoms with E-state index in [9.17, 15) is 0 Å². The highest BCUT2D eigenvalue weighted by Crippen LogP contribution is 2.12. The van der Waals surface area contributed by atoms with Crippen molar-refractivity contribution >= 4 is 11.6 Å². The minimum absolute atomic E-state index is 0.214. The van der Waals surface area contributed by atoms with E-state index in [1.54, 1.807) is 0 Å². The monoisotopic (exact) mass is 170 g/mol. The molecule has 0 heterocycles. The number of hydrogen-bond donors (Lipinski definition) is 0. The van der Waals surface area contributed by atoms with Crippen LogP contribution in [0.5, 0.6) is 5.75 Å². The van der Waals surface area contributed by atoms with Crippen LogP contribution in [0.2, 0.25) is 0 Å². The number of alkyl halides is 1. The van der Waals surface area contributed by atoms with Gasteiger partial charge in [-0.15, -0.1) is 0 Å². The minimum Gasteiger partial charge on any atom is -0.478 e. The quantitative estimate of drug-likeness (QED) is 0.634. The highest BCUT2D eigenvalue weighted by molar-refractivity contribution is 6.17. The predicted octanol–water partition coefficient (Wildman–Crippen LogP) is 2.82. The summed E-state index contributed by atoms with van der Waals surface area (Å²) in [5.74, 6) is 0.831. The Hall–Kier alpha value is -0.690. The number of benzene rings is 1. The molecule has 0 atom stereocenters. The van der Waals surface area contributed by atoms with Gasteiger partial charge in [-0.1, -0.05) is 30.7 Å². The predicted molar refractivity (Wildman–Crippen MR) is 47.2 cm³/mol.